The molecular formula is C23H23N5O2. The number of anilines is 1. The average molecular weight is 401 g/mol. The summed E-state index contributed by atoms with van der Waals surface area (Å²) in [4.78, 5) is 11.2. The van der Waals surface area contributed by atoms with Crippen molar-refractivity contribution >= 4 is 11.3 Å². The van der Waals surface area contributed by atoms with E-state index in [9.17, 15) is 0 Å². The summed E-state index contributed by atoms with van der Waals surface area (Å²) >= 11 is 0. The Labute approximate surface area is 175 Å². The van der Waals surface area contributed by atoms with Gasteiger partial charge in [-0.1, -0.05) is 11.8 Å². The van der Waals surface area contributed by atoms with Crippen LogP contribution in [0.2, 0.25) is 0 Å². The fourth-order valence-electron chi connectivity index (χ4n) is 3.70. The normalized spacial score (nSPS) is 15.3. The zero-order valence-corrected chi connectivity index (χ0v) is 17.3. The lowest BCUT2D eigenvalue weighted by Crippen LogP contribution is -2.14. The number of nitrogen functional groups attached to an aromatic ring is 1. The highest BCUT2D eigenvalue weighted by Gasteiger charge is 2.27. The number of benzene rings is 1. The topological polar surface area (TPSA) is 77.9 Å². The Balaban J connectivity index is 1.76. The summed E-state index contributed by atoms with van der Waals surface area (Å²) in [5.74, 6) is 12.3. The van der Waals surface area contributed by atoms with Crippen LogP contribution in [0.25, 0.3) is 5.52 Å². The highest BCUT2D eigenvalue weighted by molar-refractivity contribution is 5.73. The molecule has 2 N–H and O–H groups in total. The van der Waals surface area contributed by atoms with Gasteiger partial charge in [-0.25, -0.2) is 9.97 Å². The van der Waals surface area contributed by atoms with Gasteiger partial charge in [0.15, 0.2) is 5.82 Å². The maximum atomic E-state index is 6.19. The number of nitrogens with zero attached hydrogens (tertiary/aromatic N) is 4. The van der Waals surface area contributed by atoms with Gasteiger partial charge in [0.05, 0.1) is 14.2 Å². The second kappa shape index (κ2) is 8.26. The number of methoxy groups -OCH3 is 2. The lowest BCUT2D eigenvalue weighted by Gasteiger charge is -2.10. The first kappa shape index (κ1) is 19.5. The molecule has 1 unspecified atom stereocenters. The van der Waals surface area contributed by atoms with Crippen molar-refractivity contribution in [1.29, 1.82) is 0 Å². The number of rotatable bonds is 3. The highest BCUT2D eigenvalue weighted by atomic mass is 16.5. The van der Waals surface area contributed by atoms with Gasteiger partial charge >= 0.3 is 0 Å². The van der Waals surface area contributed by atoms with Crippen LogP contribution in [-0.4, -0.2) is 46.6 Å². The summed E-state index contributed by atoms with van der Waals surface area (Å²) in [7, 11) is 3.22. The molecule has 4 rings (SSSR count). The summed E-state index contributed by atoms with van der Waals surface area (Å²) in [5, 5.41) is 0. The average Bonchev–Trinajstić information content (AvgIpc) is 3.37. The number of ether oxygens (including phenoxy) is 2. The Hall–Kier alpha value is -3.84. The van der Waals surface area contributed by atoms with E-state index in [-0.39, 0.29) is 5.92 Å². The molecule has 1 aliphatic rings. The van der Waals surface area contributed by atoms with Gasteiger partial charge in [0.2, 0.25) is 0 Å². The minimum Gasteiger partial charge on any atom is -0.497 e. The third-order valence-corrected chi connectivity index (χ3v) is 5.11. The SMILES string of the molecule is CC#CN1CCC(c2nc(C#Cc3cc(OC)cc(OC)c3)c3c(N)nccn23)C1. The Kier molecular flexibility index (Phi) is 5.36. The van der Waals surface area contributed by atoms with Crippen molar-refractivity contribution in [3.63, 3.8) is 0 Å². The van der Waals surface area contributed by atoms with E-state index in [0.717, 1.165) is 36.4 Å². The minimum atomic E-state index is 0.257. The van der Waals surface area contributed by atoms with Crippen LogP contribution in [0.3, 0.4) is 0 Å². The Morgan fingerprint density at radius 3 is 2.60 bits per heavy atom. The van der Waals surface area contributed by atoms with Crippen molar-refractivity contribution in [3.05, 3.63) is 47.7 Å². The lowest BCUT2D eigenvalue weighted by atomic mass is 10.1. The van der Waals surface area contributed by atoms with Crippen LogP contribution in [0.1, 0.15) is 36.3 Å². The van der Waals surface area contributed by atoms with Crippen LogP contribution < -0.4 is 15.2 Å². The smallest absolute Gasteiger partial charge is 0.150 e. The van der Waals surface area contributed by atoms with Crippen molar-refractivity contribution < 1.29 is 9.47 Å². The highest BCUT2D eigenvalue weighted by Crippen LogP contribution is 2.29. The molecule has 30 heavy (non-hydrogen) atoms. The molecule has 1 aromatic carbocycles. The number of aromatic nitrogens is 3. The Bertz CT molecular complexity index is 1190. The van der Waals surface area contributed by atoms with Crippen molar-refractivity contribution in [2.24, 2.45) is 0 Å². The van der Waals surface area contributed by atoms with E-state index in [4.69, 9.17) is 20.2 Å². The number of fused-ring (bicyclic) bond motifs is 1. The largest absolute Gasteiger partial charge is 0.497 e. The number of hydrogen-bond acceptors (Lipinski definition) is 6. The summed E-state index contributed by atoms with van der Waals surface area (Å²) < 4.78 is 12.7. The zero-order valence-electron chi connectivity index (χ0n) is 17.3. The van der Waals surface area contributed by atoms with Crippen LogP contribution >= 0.6 is 0 Å². The molecule has 1 aliphatic heterocycles. The molecule has 2 aromatic heterocycles. The van der Waals surface area contributed by atoms with E-state index in [1.54, 1.807) is 20.4 Å². The quantitative estimate of drug-likeness (QED) is 0.680. The minimum absolute atomic E-state index is 0.257. The van der Waals surface area contributed by atoms with Crippen molar-refractivity contribution in [3.8, 4) is 35.3 Å². The zero-order chi connectivity index (χ0) is 21.1. The molecule has 1 atom stereocenters. The molecule has 152 valence electrons. The first-order valence-corrected chi connectivity index (χ1v) is 9.67. The number of likely N-dealkylation sites (tertiary alicyclic amines) is 1. The molecule has 1 fully saturated rings. The monoisotopic (exact) mass is 401 g/mol. The molecule has 7 nitrogen and oxygen atoms in total. The van der Waals surface area contributed by atoms with E-state index in [1.165, 1.54) is 0 Å². The van der Waals surface area contributed by atoms with Crippen LogP contribution in [-0.2, 0) is 0 Å². The Morgan fingerprint density at radius 2 is 1.90 bits per heavy atom. The fraction of sp³-hybridized carbons (Fsp3) is 0.304. The summed E-state index contributed by atoms with van der Waals surface area (Å²) in [6.07, 6.45) is 4.56. The number of hydrogen-bond donors (Lipinski definition) is 1. The van der Waals surface area contributed by atoms with Crippen LogP contribution in [0.15, 0.2) is 30.6 Å². The van der Waals surface area contributed by atoms with Gasteiger partial charge in [-0.15, -0.1) is 0 Å². The Morgan fingerprint density at radius 1 is 1.13 bits per heavy atom. The van der Waals surface area contributed by atoms with Gasteiger partial charge in [0, 0.05) is 49.1 Å². The standard InChI is InChI=1S/C23H23N5O2/c1-4-9-27-10-7-17(15-27)23-26-20(21-22(24)25-8-11-28(21)23)6-5-16-12-18(29-2)14-19(13-16)30-3/h8,11-14,17H,7,10,15H2,1-3H3,(H2,24,25). The predicted octanol–water partition coefficient (Wildman–Crippen LogP) is 2.50. The van der Waals surface area contributed by atoms with Crippen LogP contribution in [0.4, 0.5) is 5.82 Å². The van der Waals surface area contributed by atoms with E-state index in [1.807, 2.05) is 35.7 Å². The summed E-state index contributed by atoms with van der Waals surface area (Å²) in [6.45, 7) is 3.61. The van der Waals surface area contributed by atoms with Crippen LogP contribution in [0, 0.1) is 23.8 Å². The molecule has 1 saturated heterocycles. The van der Waals surface area contributed by atoms with Gasteiger partial charge in [-0.2, -0.15) is 0 Å². The van der Waals surface area contributed by atoms with E-state index < -0.39 is 0 Å². The van der Waals surface area contributed by atoms with Crippen molar-refractivity contribution in [1.82, 2.24) is 19.3 Å². The fourth-order valence-corrected chi connectivity index (χ4v) is 3.70. The van der Waals surface area contributed by atoms with E-state index >= 15 is 0 Å². The number of imidazole rings is 1. The lowest BCUT2D eigenvalue weighted by molar-refractivity contribution is 0.394. The summed E-state index contributed by atoms with van der Waals surface area (Å²) in [5.41, 5.74) is 8.30. The second-order valence-corrected chi connectivity index (χ2v) is 6.99. The third-order valence-electron chi connectivity index (χ3n) is 5.11. The second-order valence-electron chi connectivity index (χ2n) is 6.99. The molecule has 3 heterocycles. The van der Waals surface area contributed by atoms with Crippen molar-refractivity contribution in [2.45, 2.75) is 19.3 Å². The van der Waals surface area contributed by atoms with E-state index in [0.29, 0.717) is 23.0 Å². The van der Waals surface area contributed by atoms with E-state index in [2.05, 4.69) is 33.7 Å². The maximum Gasteiger partial charge on any atom is 0.150 e. The summed E-state index contributed by atoms with van der Waals surface area (Å²) in [6, 6.07) is 8.66. The maximum absolute atomic E-state index is 6.19. The molecule has 0 spiro atoms. The molecule has 3 aromatic rings. The van der Waals surface area contributed by atoms with Gasteiger partial charge in [-0.05, 0) is 31.4 Å². The van der Waals surface area contributed by atoms with Gasteiger partial charge in [-0.3, -0.25) is 4.40 Å². The molecule has 0 amide bonds. The number of nitrogens with two attached hydrogens (primary N) is 1. The van der Waals surface area contributed by atoms with Gasteiger partial charge in [0.1, 0.15) is 28.5 Å². The molecule has 0 saturated carbocycles. The van der Waals surface area contributed by atoms with Gasteiger partial charge < -0.3 is 20.1 Å². The molecule has 0 radical (unpaired) electrons. The third kappa shape index (κ3) is 3.70. The first-order chi connectivity index (χ1) is 14.6. The predicted molar refractivity (Wildman–Crippen MR) is 115 cm³/mol. The molecule has 7 heteroatoms. The van der Waals surface area contributed by atoms with Crippen LogP contribution in [0.5, 0.6) is 11.5 Å². The van der Waals surface area contributed by atoms with Gasteiger partial charge in [0.25, 0.3) is 0 Å². The molecule has 0 aliphatic carbocycles. The van der Waals surface area contributed by atoms with Crippen molar-refractivity contribution in [2.75, 3.05) is 33.0 Å². The first-order valence-electron chi connectivity index (χ1n) is 9.67. The molecule has 0 bridgehead atoms. The molecular weight excluding hydrogens is 378 g/mol.